The van der Waals surface area contributed by atoms with Crippen LogP contribution in [0.5, 0.6) is 17.2 Å². The average molecular weight is 726 g/mol. The molecule has 0 aliphatic carbocycles. The van der Waals surface area contributed by atoms with Crippen molar-refractivity contribution in [1.29, 1.82) is 0 Å². The molecule has 0 saturated carbocycles. The van der Waals surface area contributed by atoms with Crippen LogP contribution < -0.4 is 20.3 Å². The van der Waals surface area contributed by atoms with Crippen molar-refractivity contribution in [1.82, 2.24) is 19.2 Å². The Morgan fingerprint density at radius 1 is 1.02 bits per heavy atom. The Morgan fingerprint density at radius 2 is 1.71 bits per heavy atom. The highest BCUT2D eigenvalue weighted by Gasteiger charge is 2.26. The van der Waals surface area contributed by atoms with Crippen molar-refractivity contribution in [3.05, 3.63) is 106 Å². The molecule has 0 radical (unpaired) electrons. The molecular weight excluding hydrogens is 689 g/mol. The van der Waals surface area contributed by atoms with Crippen LogP contribution in [0.4, 0.5) is 10.1 Å². The van der Waals surface area contributed by atoms with Crippen molar-refractivity contribution in [2.24, 2.45) is 0 Å². The van der Waals surface area contributed by atoms with Crippen molar-refractivity contribution >= 4 is 38.9 Å². The highest BCUT2D eigenvalue weighted by molar-refractivity contribution is 7.79. The number of halogens is 1. The molecule has 17 heteroatoms. The monoisotopic (exact) mass is 725 g/mol. The van der Waals surface area contributed by atoms with E-state index in [4.69, 9.17) is 31.7 Å². The number of benzene rings is 3. The van der Waals surface area contributed by atoms with Crippen LogP contribution in [0.3, 0.4) is 0 Å². The van der Waals surface area contributed by atoms with E-state index in [1.165, 1.54) is 16.8 Å². The number of aromatic nitrogens is 3. The number of nitrogens with one attached hydrogen (secondary N) is 1. The van der Waals surface area contributed by atoms with Crippen molar-refractivity contribution < 1.29 is 45.7 Å². The fourth-order valence-corrected chi connectivity index (χ4v) is 5.05. The van der Waals surface area contributed by atoms with Crippen LogP contribution in [-0.4, -0.2) is 82.5 Å². The lowest BCUT2D eigenvalue weighted by molar-refractivity contribution is -0.149. The molecule has 0 fully saturated rings. The second-order valence-corrected chi connectivity index (χ2v) is 12.3. The Morgan fingerprint density at radius 3 is 2.33 bits per heavy atom. The number of carbonyl (C=O) groups is 2. The first-order valence-electron chi connectivity index (χ1n) is 15.2. The predicted octanol–water partition coefficient (Wildman–Crippen LogP) is 4.53. The van der Waals surface area contributed by atoms with Gasteiger partial charge in [-0.25, -0.2) is 9.07 Å². The van der Waals surface area contributed by atoms with Gasteiger partial charge in [0.25, 0.3) is 11.5 Å². The molecule has 5 rings (SSSR count). The maximum atomic E-state index is 15.3. The highest BCUT2D eigenvalue weighted by Crippen LogP contribution is 2.33. The van der Waals surface area contributed by atoms with E-state index in [2.05, 4.69) is 10.3 Å². The first-order chi connectivity index (χ1) is 24.0. The number of methoxy groups -OCH3 is 1. The number of rotatable bonds is 11. The van der Waals surface area contributed by atoms with E-state index in [0.717, 1.165) is 6.07 Å². The molecule has 15 nitrogen and oxygen atoms in total. The smallest absolute Gasteiger partial charge is 0.394 e. The third-order valence-corrected chi connectivity index (χ3v) is 7.15. The molecule has 2 aromatic heterocycles. The number of para-hydroxylation sites is 1. The first-order valence-corrected chi connectivity index (χ1v) is 16.6. The van der Waals surface area contributed by atoms with Crippen molar-refractivity contribution in [2.45, 2.75) is 26.5 Å². The number of fused-ring (bicyclic) bond motifs is 1. The van der Waals surface area contributed by atoms with E-state index in [1.807, 2.05) is 6.07 Å². The molecule has 0 aliphatic rings. The van der Waals surface area contributed by atoms with E-state index < -0.39 is 39.8 Å². The number of nitrogens with zero attached hydrogens (tertiary/aromatic N) is 4. The number of pyridine rings is 1. The molecule has 0 unspecified atom stereocenters. The fourth-order valence-electron chi connectivity index (χ4n) is 5.05. The van der Waals surface area contributed by atoms with Gasteiger partial charge in [-0.15, -0.1) is 0 Å². The van der Waals surface area contributed by atoms with Gasteiger partial charge >= 0.3 is 16.4 Å². The Bertz CT molecular complexity index is 2200. The molecule has 0 aliphatic heterocycles. The third kappa shape index (κ3) is 10.2. The molecule has 0 spiro atoms. The van der Waals surface area contributed by atoms with E-state index >= 15 is 4.39 Å². The van der Waals surface area contributed by atoms with Gasteiger partial charge < -0.3 is 19.5 Å². The Hall–Kier alpha value is -5.62. The van der Waals surface area contributed by atoms with Crippen LogP contribution in [-0.2, 0) is 26.5 Å². The normalized spacial score (nSPS) is 11.8. The van der Waals surface area contributed by atoms with Crippen molar-refractivity contribution in [3.8, 4) is 22.9 Å². The number of esters is 1. The van der Waals surface area contributed by atoms with Gasteiger partial charge in [0.05, 0.1) is 37.1 Å². The standard InChI is InChI=1S/C34H34FN5O6.H2O4S/c1-21(45-31(41)20-38(3)4)19-39-22(2)32(34(43)40(39)24-9-7-6-8-10-24)33(42)37-23-11-14-30(27(35)17-23)46-29-15-16-36-28-18-25(44-5)12-13-26(28)29;1-5(2,3)4/h6-18,21H,19-20H2,1-5H3,(H,37,42);(H2,1,2,3,4)/t21-;/m1./s1. The fraction of sp³-hybridized carbons (Fsp3) is 0.235. The summed E-state index contributed by atoms with van der Waals surface area (Å²) in [5.41, 5.74) is 0.915. The van der Waals surface area contributed by atoms with Gasteiger partial charge in [0, 0.05) is 29.4 Å². The highest BCUT2D eigenvalue weighted by atomic mass is 32.3. The number of hydrogen-bond donors (Lipinski definition) is 3. The van der Waals surface area contributed by atoms with E-state index in [-0.39, 0.29) is 30.1 Å². The molecule has 51 heavy (non-hydrogen) atoms. The van der Waals surface area contributed by atoms with E-state index in [1.54, 1.807) is 99.4 Å². The Labute approximate surface area is 292 Å². The zero-order valence-electron chi connectivity index (χ0n) is 28.2. The molecule has 3 N–H and O–H groups in total. The van der Waals surface area contributed by atoms with E-state index in [9.17, 15) is 14.4 Å². The van der Waals surface area contributed by atoms with Gasteiger partial charge in [0.15, 0.2) is 11.6 Å². The second kappa shape index (κ2) is 16.4. The maximum absolute atomic E-state index is 15.3. The van der Waals surface area contributed by atoms with Gasteiger partial charge in [-0.05, 0) is 70.4 Å². The SMILES string of the molecule is COc1ccc2c(Oc3ccc(NC(=O)c4c(C)n(C[C@@H](C)OC(=O)CN(C)C)n(-c5ccccc5)c4=O)cc3F)ccnc2c1.O=S(=O)(O)O. The van der Waals surface area contributed by atoms with Crippen molar-refractivity contribution in [3.63, 3.8) is 0 Å². The lowest BCUT2D eigenvalue weighted by Gasteiger charge is -2.19. The van der Waals surface area contributed by atoms with Gasteiger partial charge in [-0.3, -0.25) is 38.1 Å². The van der Waals surface area contributed by atoms with Crippen LogP contribution in [0.25, 0.3) is 16.6 Å². The number of hydrogen-bond acceptors (Lipinski definition) is 10. The van der Waals surface area contributed by atoms with Crippen LogP contribution in [0.15, 0.2) is 83.8 Å². The summed E-state index contributed by atoms with van der Waals surface area (Å²) >= 11 is 0. The van der Waals surface area contributed by atoms with Gasteiger partial charge in [-0.2, -0.15) is 8.42 Å². The zero-order valence-corrected chi connectivity index (χ0v) is 29.0. The summed E-state index contributed by atoms with van der Waals surface area (Å²) in [4.78, 5) is 45.5. The predicted molar refractivity (Wildman–Crippen MR) is 186 cm³/mol. The number of likely N-dealkylation sites (N-methyl/N-ethyl adjacent to an activating group) is 1. The average Bonchev–Trinajstić information content (AvgIpc) is 3.29. The molecular formula is C34H36FN5O10S. The number of amides is 1. The minimum absolute atomic E-state index is 0.0621. The summed E-state index contributed by atoms with van der Waals surface area (Å²) in [5.74, 6) is -0.898. The molecule has 2 heterocycles. The summed E-state index contributed by atoms with van der Waals surface area (Å²) < 4.78 is 66.5. The molecule has 270 valence electrons. The zero-order chi connectivity index (χ0) is 37.5. The molecule has 0 bridgehead atoms. The summed E-state index contributed by atoms with van der Waals surface area (Å²) in [7, 11) is 0.403. The van der Waals surface area contributed by atoms with Crippen LogP contribution in [0.2, 0.25) is 0 Å². The van der Waals surface area contributed by atoms with Gasteiger partial charge in [0.1, 0.15) is 23.2 Å². The molecule has 5 aromatic rings. The van der Waals surface area contributed by atoms with Crippen LogP contribution >= 0.6 is 0 Å². The molecule has 0 saturated heterocycles. The maximum Gasteiger partial charge on any atom is 0.394 e. The lowest BCUT2D eigenvalue weighted by atomic mass is 10.2. The summed E-state index contributed by atoms with van der Waals surface area (Å²) in [6.07, 6.45) is 0.944. The quantitative estimate of drug-likeness (QED) is 0.128. The molecule has 1 atom stereocenters. The first kappa shape index (κ1) is 38.2. The summed E-state index contributed by atoms with van der Waals surface area (Å²) in [6, 6.07) is 19.7. The summed E-state index contributed by atoms with van der Waals surface area (Å²) in [5, 5.41) is 3.30. The van der Waals surface area contributed by atoms with Crippen LogP contribution in [0.1, 0.15) is 23.0 Å². The van der Waals surface area contributed by atoms with Crippen molar-refractivity contribution in [2.75, 3.05) is 33.1 Å². The third-order valence-electron chi connectivity index (χ3n) is 7.15. The topological polar surface area (TPSA) is 192 Å². The molecule has 3 aromatic carbocycles. The second-order valence-electron chi connectivity index (χ2n) is 11.4. The minimum atomic E-state index is -4.67. The lowest BCUT2D eigenvalue weighted by Crippen LogP contribution is -2.31. The largest absolute Gasteiger partial charge is 0.497 e. The van der Waals surface area contributed by atoms with Crippen LogP contribution in [0, 0.1) is 12.7 Å². The Balaban J connectivity index is 0.00000109. The molecule has 1 amide bonds. The van der Waals surface area contributed by atoms with Gasteiger partial charge in [-0.1, -0.05) is 18.2 Å². The minimum Gasteiger partial charge on any atom is -0.497 e. The number of carbonyl (C=O) groups excluding carboxylic acids is 2. The number of anilines is 1. The van der Waals surface area contributed by atoms with Gasteiger partial charge in [0.2, 0.25) is 0 Å². The number of ether oxygens (including phenoxy) is 3. The Kier molecular flexibility index (Phi) is 12.3. The van der Waals surface area contributed by atoms with E-state index in [0.29, 0.717) is 33.8 Å². The summed E-state index contributed by atoms with van der Waals surface area (Å²) in [6.45, 7) is 3.56.